The minimum absolute atomic E-state index is 0.00167. The summed E-state index contributed by atoms with van der Waals surface area (Å²) in [5, 5.41) is 0. The van der Waals surface area contributed by atoms with Crippen molar-refractivity contribution in [2.75, 3.05) is 19.0 Å². The van der Waals surface area contributed by atoms with Crippen LogP contribution in [-0.2, 0) is 4.74 Å². The maximum absolute atomic E-state index is 12.4. The fourth-order valence-electron chi connectivity index (χ4n) is 0.865. The second-order valence-corrected chi connectivity index (χ2v) is 4.13. The molecule has 6 heteroatoms. The second-order valence-electron chi connectivity index (χ2n) is 3.76. The molecule has 1 nitrogen and oxygen atoms in total. The standard InChI is InChI=1S/C9H16F4OS/c1-6(2)7(4-15)3-14-5-9(12,13)8(10)11/h6-8,15H,3-5H2,1-2H3. The van der Waals surface area contributed by atoms with E-state index in [1.54, 1.807) is 0 Å². The molecule has 0 bridgehead atoms. The van der Waals surface area contributed by atoms with E-state index < -0.39 is 19.0 Å². The Balaban J connectivity index is 3.87. The molecule has 0 fully saturated rings. The number of halogens is 4. The molecule has 0 aliphatic rings. The normalized spacial score (nSPS) is 15.0. The molecule has 0 radical (unpaired) electrons. The lowest BCUT2D eigenvalue weighted by atomic mass is 9.99. The van der Waals surface area contributed by atoms with E-state index >= 15 is 0 Å². The molecule has 0 saturated carbocycles. The van der Waals surface area contributed by atoms with Gasteiger partial charge >= 0.3 is 12.3 Å². The number of alkyl halides is 4. The van der Waals surface area contributed by atoms with E-state index in [0.29, 0.717) is 5.75 Å². The fourth-order valence-corrected chi connectivity index (χ4v) is 1.39. The Kier molecular flexibility index (Phi) is 6.59. The summed E-state index contributed by atoms with van der Waals surface area (Å²) >= 11 is 4.03. The van der Waals surface area contributed by atoms with Gasteiger partial charge in [-0.15, -0.1) is 0 Å². The number of thiol groups is 1. The van der Waals surface area contributed by atoms with Gasteiger partial charge in [-0.1, -0.05) is 13.8 Å². The first-order valence-electron chi connectivity index (χ1n) is 4.65. The van der Waals surface area contributed by atoms with E-state index in [9.17, 15) is 17.6 Å². The highest BCUT2D eigenvalue weighted by Crippen LogP contribution is 2.23. The molecule has 0 aromatic heterocycles. The first-order valence-corrected chi connectivity index (χ1v) is 5.29. The van der Waals surface area contributed by atoms with Gasteiger partial charge in [0.25, 0.3) is 0 Å². The third kappa shape index (κ3) is 5.61. The van der Waals surface area contributed by atoms with E-state index in [1.165, 1.54) is 0 Å². The summed E-state index contributed by atoms with van der Waals surface area (Å²) in [6, 6.07) is 0. The molecule has 0 aromatic rings. The maximum Gasteiger partial charge on any atom is 0.330 e. The highest BCUT2D eigenvalue weighted by Gasteiger charge is 2.41. The van der Waals surface area contributed by atoms with Gasteiger partial charge in [-0.25, -0.2) is 8.78 Å². The molecule has 92 valence electrons. The number of hydrogen-bond donors (Lipinski definition) is 1. The van der Waals surface area contributed by atoms with Gasteiger partial charge in [-0.05, 0) is 17.6 Å². The van der Waals surface area contributed by atoms with Crippen LogP contribution >= 0.6 is 12.6 Å². The molecule has 0 aromatic carbocycles. The molecular formula is C9H16F4OS. The third-order valence-corrected chi connectivity index (χ3v) is 2.59. The average molecular weight is 248 g/mol. The fraction of sp³-hybridized carbons (Fsp3) is 1.00. The van der Waals surface area contributed by atoms with Gasteiger partial charge in [-0.2, -0.15) is 21.4 Å². The first kappa shape index (κ1) is 15.0. The zero-order valence-electron chi connectivity index (χ0n) is 8.72. The van der Waals surface area contributed by atoms with Gasteiger partial charge in [-0.3, -0.25) is 0 Å². The zero-order valence-corrected chi connectivity index (χ0v) is 9.62. The Bertz CT molecular complexity index is 175. The highest BCUT2D eigenvalue weighted by atomic mass is 32.1. The van der Waals surface area contributed by atoms with Crippen molar-refractivity contribution in [1.82, 2.24) is 0 Å². The van der Waals surface area contributed by atoms with Gasteiger partial charge in [0.1, 0.15) is 6.61 Å². The van der Waals surface area contributed by atoms with Crippen LogP contribution in [-0.4, -0.2) is 31.3 Å². The van der Waals surface area contributed by atoms with Crippen LogP contribution in [0.3, 0.4) is 0 Å². The van der Waals surface area contributed by atoms with Gasteiger partial charge in [0.2, 0.25) is 0 Å². The Morgan fingerprint density at radius 2 is 1.80 bits per heavy atom. The van der Waals surface area contributed by atoms with Crippen LogP contribution in [0.2, 0.25) is 0 Å². The molecule has 0 saturated heterocycles. The lowest BCUT2D eigenvalue weighted by molar-refractivity contribution is -0.168. The van der Waals surface area contributed by atoms with Crippen molar-refractivity contribution in [3.8, 4) is 0 Å². The van der Waals surface area contributed by atoms with Crippen LogP contribution in [0.4, 0.5) is 17.6 Å². The van der Waals surface area contributed by atoms with Gasteiger partial charge in [0.05, 0.1) is 6.61 Å². The second kappa shape index (κ2) is 6.58. The number of ether oxygens (including phenoxy) is 1. The monoisotopic (exact) mass is 248 g/mol. The predicted octanol–water partition coefficient (Wildman–Crippen LogP) is 3.11. The van der Waals surface area contributed by atoms with Crippen molar-refractivity contribution in [3.05, 3.63) is 0 Å². The molecule has 0 spiro atoms. The van der Waals surface area contributed by atoms with Crippen molar-refractivity contribution >= 4 is 12.6 Å². The molecule has 1 atom stereocenters. The minimum atomic E-state index is -4.06. The molecule has 0 aliphatic carbocycles. The summed E-state index contributed by atoms with van der Waals surface area (Å²) in [6.45, 7) is 2.59. The molecule has 0 amide bonds. The van der Waals surface area contributed by atoms with Gasteiger partial charge in [0.15, 0.2) is 0 Å². The summed E-state index contributed by atoms with van der Waals surface area (Å²) in [7, 11) is 0. The summed E-state index contributed by atoms with van der Waals surface area (Å²) in [5.41, 5.74) is 0. The highest BCUT2D eigenvalue weighted by molar-refractivity contribution is 7.80. The topological polar surface area (TPSA) is 9.23 Å². The van der Waals surface area contributed by atoms with Crippen LogP contribution in [0.5, 0.6) is 0 Å². The van der Waals surface area contributed by atoms with Crippen LogP contribution in [0.15, 0.2) is 0 Å². The molecule has 0 N–H and O–H groups in total. The van der Waals surface area contributed by atoms with Crippen LogP contribution in [0.25, 0.3) is 0 Å². The minimum Gasteiger partial charge on any atom is -0.375 e. The summed E-state index contributed by atoms with van der Waals surface area (Å²) in [4.78, 5) is 0. The first-order chi connectivity index (χ1) is 6.81. The van der Waals surface area contributed by atoms with Crippen LogP contribution in [0.1, 0.15) is 13.8 Å². The van der Waals surface area contributed by atoms with E-state index in [0.717, 1.165) is 0 Å². The summed E-state index contributed by atoms with van der Waals surface area (Å²) < 4.78 is 52.9. The Hall–Kier alpha value is 0.0300. The SMILES string of the molecule is CC(C)C(CS)COCC(F)(F)C(F)F. The Morgan fingerprint density at radius 3 is 2.13 bits per heavy atom. The molecule has 0 rings (SSSR count). The van der Waals surface area contributed by atoms with Crippen molar-refractivity contribution in [1.29, 1.82) is 0 Å². The molecule has 0 heterocycles. The summed E-state index contributed by atoms with van der Waals surface area (Å²) in [5.74, 6) is -3.35. The van der Waals surface area contributed by atoms with Crippen molar-refractivity contribution in [3.63, 3.8) is 0 Å². The summed E-state index contributed by atoms with van der Waals surface area (Å²) in [6.07, 6.45) is -3.67. The number of rotatable bonds is 7. The van der Waals surface area contributed by atoms with E-state index in [2.05, 4.69) is 17.4 Å². The third-order valence-electron chi connectivity index (χ3n) is 2.12. The molecule has 0 aliphatic heterocycles. The zero-order chi connectivity index (χ0) is 12.1. The lowest BCUT2D eigenvalue weighted by Crippen LogP contribution is -2.33. The van der Waals surface area contributed by atoms with Crippen LogP contribution in [0, 0.1) is 11.8 Å². The Labute approximate surface area is 92.6 Å². The average Bonchev–Trinajstić information content (AvgIpc) is 2.11. The van der Waals surface area contributed by atoms with E-state index in [-0.39, 0.29) is 18.4 Å². The van der Waals surface area contributed by atoms with Crippen molar-refractivity contribution in [2.24, 2.45) is 11.8 Å². The van der Waals surface area contributed by atoms with Gasteiger partial charge < -0.3 is 4.74 Å². The smallest absolute Gasteiger partial charge is 0.330 e. The maximum atomic E-state index is 12.4. The van der Waals surface area contributed by atoms with Crippen molar-refractivity contribution in [2.45, 2.75) is 26.2 Å². The molecule has 15 heavy (non-hydrogen) atoms. The van der Waals surface area contributed by atoms with E-state index in [1.807, 2.05) is 13.8 Å². The predicted molar refractivity (Wildman–Crippen MR) is 54.0 cm³/mol. The molecular weight excluding hydrogens is 232 g/mol. The quantitative estimate of drug-likeness (QED) is 0.538. The van der Waals surface area contributed by atoms with Gasteiger partial charge in [0, 0.05) is 0 Å². The largest absolute Gasteiger partial charge is 0.375 e. The molecule has 1 unspecified atom stereocenters. The Morgan fingerprint density at radius 1 is 1.27 bits per heavy atom. The lowest BCUT2D eigenvalue weighted by Gasteiger charge is -2.21. The van der Waals surface area contributed by atoms with Crippen molar-refractivity contribution < 1.29 is 22.3 Å². The van der Waals surface area contributed by atoms with E-state index in [4.69, 9.17) is 0 Å². The van der Waals surface area contributed by atoms with Crippen LogP contribution < -0.4 is 0 Å². The number of hydrogen-bond acceptors (Lipinski definition) is 2.